The highest BCUT2D eigenvalue weighted by Crippen LogP contribution is 2.32. The van der Waals surface area contributed by atoms with Gasteiger partial charge < -0.3 is 15.6 Å². The van der Waals surface area contributed by atoms with Gasteiger partial charge in [-0.25, -0.2) is 4.39 Å². The maximum absolute atomic E-state index is 12.7. The number of ether oxygens (including phenoxy) is 1. The number of hydrogen-bond acceptors (Lipinski definition) is 3. The van der Waals surface area contributed by atoms with Crippen molar-refractivity contribution in [3.63, 3.8) is 0 Å². The number of hydrogen-bond donors (Lipinski definition) is 2. The molecule has 0 aliphatic heterocycles. The lowest BCUT2D eigenvalue weighted by atomic mass is 10.3. The summed E-state index contributed by atoms with van der Waals surface area (Å²) in [5.74, 6) is -0.0730. The lowest BCUT2D eigenvalue weighted by Crippen LogP contribution is -2.04. The molecule has 3 N–H and O–H groups in total. The highest BCUT2D eigenvalue weighted by Gasteiger charge is 2.07. The van der Waals surface area contributed by atoms with Crippen molar-refractivity contribution in [1.82, 2.24) is 0 Å². The van der Waals surface area contributed by atoms with Crippen LogP contribution in [0.2, 0.25) is 0 Å². The van der Waals surface area contributed by atoms with E-state index in [1.54, 1.807) is 0 Å². The minimum absolute atomic E-state index is 0.108. The molecule has 0 aromatic heterocycles. The first-order valence-corrected chi connectivity index (χ1v) is 4.42. The molecule has 0 atom stereocenters. The molecule has 1 aromatic carbocycles. The van der Waals surface area contributed by atoms with Crippen molar-refractivity contribution >= 4 is 21.6 Å². The molecule has 0 aliphatic rings. The number of rotatable bonds is 3. The van der Waals surface area contributed by atoms with Crippen molar-refractivity contribution in [2.75, 3.05) is 18.9 Å². The minimum Gasteiger partial charge on any atom is -0.488 e. The molecule has 3 nitrogen and oxygen atoms in total. The maximum atomic E-state index is 12.7. The first kappa shape index (κ1) is 10.3. The summed E-state index contributed by atoms with van der Waals surface area (Å²) in [7, 11) is 0. The van der Waals surface area contributed by atoms with Crippen LogP contribution in [-0.2, 0) is 0 Å². The molecule has 13 heavy (non-hydrogen) atoms. The lowest BCUT2D eigenvalue weighted by molar-refractivity contribution is 0.201. The molecule has 0 saturated heterocycles. The van der Waals surface area contributed by atoms with Crippen LogP contribution in [-0.4, -0.2) is 18.3 Å². The van der Waals surface area contributed by atoms with Crippen molar-refractivity contribution in [2.45, 2.75) is 0 Å². The molecule has 0 radical (unpaired) electrons. The molecule has 0 unspecified atom stereocenters. The molecule has 72 valence electrons. The third-order valence-corrected chi connectivity index (χ3v) is 1.96. The van der Waals surface area contributed by atoms with Crippen LogP contribution < -0.4 is 10.5 Å². The minimum atomic E-state index is -0.430. The number of nitrogen functional groups attached to an aromatic ring is 1. The SMILES string of the molecule is Nc1cc(F)cc(Br)c1OCCO. The summed E-state index contributed by atoms with van der Waals surface area (Å²) in [4.78, 5) is 0. The second-order valence-electron chi connectivity index (χ2n) is 2.38. The van der Waals surface area contributed by atoms with E-state index in [0.717, 1.165) is 6.07 Å². The van der Waals surface area contributed by atoms with Gasteiger partial charge in [0, 0.05) is 6.07 Å². The molecule has 0 amide bonds. The molecule has 0 bridgehead atoms. The van der Waals surface area contributed by atoms with E-state index in [0.29, 0.717) is 10.2 Å². The Labute approximate surface area is 83.4 Å². The zero-order valence-corrected chi connectivity index (χ0v) is 8.34. The Morgan fingerprint density at radius 1 is 1.54 bits per heavy atom. The number of nitrogens with two attached hydrogens (primary N) is 1. The molecule has 0 spiro atoms. The van der Waals surface area contributed by atoms with Crippen LogP contribution in [0.25, 0.3) is 0 Å². The number of aliphatic hydroxyl groups excluding tert-OH is 1. The van der Waals surface area contributed by atoms with Gasteiger partial charge in [-0.3, -0.25) is 0 Å². The Bertz CT molecular complexity index is 283. The van der Waals surface area contributed by atoms with E-state index in [-0.39, 0.29) is 18.9 Å². The molecular weight excluding hydrogens is 241 g/mol. The molecular formula is C8H9BrFNO2. The normalized spacial score (nSPS) is 10.1. The summed E-state index contributed by atoms with van der Waals surface area (Å²) in [6.07, 6.45) is 0. The van der Waals surface area contributed by atoms with Crippen molar-refractivity contribution in [3.05, 3.63) is 22.4 Å². The average molecular weight is 250 g/mol. The molecule has 1 aromatic rings. The van der Waals surface area contributed by atoms with Crippen LogP contribution in [0.15, 0.2) is 16.6 Å². The Morgan fingerprint density at radius 2 is 2.23 bits per heavy atom. The highest BCUT2D eigenvalue weighted by molar-refractivity contribution is 9.10. The summed E-state index contributed by atoms with van der Waals surface area (Å²) < 4.78 is 18.2. The summed E-state index contributed by atoms with van der Waals surface area (Å²) >= 11 is 3.10. The Morgan fingerprint density at radius 3 is 2.77 bits per heavy atom. The quantitative estimate of drug-likeness (QED) is 0.800. The van der Waals surface area contributed by atoms with E-state index in [1.807, 2.05) is 0 Å². The van der Waals surface area contributed by atoms with Crippen LogP contribution >= 0.6 is 15.9 Å². The first-order valence-electron chi connectivity index (χ1n) is 3.63. The van der Waals surface area contributed by atoms with Gasteiger partial charge in [0.2, 0.25) is 0 Å². The van der Waals surface area contributed by atoms with Gasteiger partial charge in [-0.2, -0.15) is 0 Å². The van der Waals surface area contributed by atoms with Gasteiger partial charge in [0.05, 0.1) is 16.8 Å². The molecule has 0 heterocycles. The molecule has 5 heteroatoms. The summed E-state index contributed by atoms with van der Waals surface area (Å²) in [6.45, 7) is 0.0255. The van der Waals surface area contributed by atoms with E-state index >= 15 is 0 Å². The highest BCUT2D eigenvalue weighted by atomic mass is 79.9. The second kappa shape index (κ2) is 4.43. The van der Waals surface area contributed by atoms with Crippen LogP contribution in [0.5, 0.6) is 5.75 Å². The Hall–Kier alpha value is -0.810. The first-order chi connectivity index (χ1) is 6.15. The van der Waals surface area contributed by atoms with Crippen molar-refractivity contribution in [2.24, 2.45) is 0 Å². The maximum Gasteiger partial charge on any atom is 0.156 e. The van der Waals surface area contributed by atoms with Gasteiger partial charge in [0.1, 0.15) is 12.4 Å². The summed E-state index contributed by atoms with van der Waals surface area (Å²) in [6, 6.07) is 2.42. The predicted molar refractivity (Wildman–Crippen MR) is 51.1 cm³/mol. The lowest BCUT2D eigenvalue weighted by Gasteiger charge is -2.09. The number of benzene rings is 1. The standard InChI is InChI=1S/C8H9BrFNO2/c9-6-3-5(10)4-7(11)8(6)13-2-1-12/h3-4,12H,1-2,11H2. The topological polar surface area (TPSA) is 55.5 Å². The van der Waals surface area contributed by atoms with Crippen LogP contribution in [0, 0.1) is 5.82 Å². The van der Waals surface area contributed by atoms with E-state index in [4.69, 9.17) is 15.6 Å². The predicted octanol–water partition coefficient (Wildman–Crippen LogP) is 1.54. The van der Waals surface area contributed by atoms with Crippen LogP contribution in [0.1, 0.15) is 0 Å². The number of halogens is 2. The smallest absolute Gasteiger partial charge is 0.156 e. The van der Waals surface area contributed by atoms with Crippen molar-refractivity contribution < 1.29 is 14.2 Å². The molecule has 0 fully saturated rings. The second-order valence-corrected chi connectivity index (χ2v) is 3.23. The third-order valence-electron chi connectivity index (χ3n) is 1.37. The van der Waals surface area contributed by atoms with Crippen molar-refractivity contribution in [3.8, 4) is 5.75 Å². The monoisotopic (exact) mass is 249 g/mol. The van der Waals surface area contributed by atoms with Gasteiger partial charge in [0.15, 0.2) is 5.75 Å². The van der Waals surface area contributed by atoms with Gasteiger partial charge in [-0.05, 0) is 22.0 Å². The van der Waals surface area contributed by atoms with Gasteiger partial charge in [-0.1, -0.05) is 0 Å². The van der Waals surface area contributed by atoms with E-state index in [1.165, 1.54) is 6.07 Å². The van der Waals surface area contributed by atoms with Crippen LogP contribution in [0.4, 0.5) is 10.1 Å². The molecule has 1 rings (SSSR count). The largest absolute Gasteiger partial charge is 0.488 e. The van der Waals surface area contributed by atoms with Gasteiger partial charge in [0.25, 0.3) is 0 Å². The number of aliphatic hydroxyl groups is 1. The summed E-state index contributed by atoms with van der Waals surface area (Å²) in [5, 5.41) is 8.51. The zero-order chi connectivity index (χ0) is 9.84. The fraction of sp³-hybridized carbons (Fsp3) is 0.250. The number of anilines is 1. The zero-order valence-electron chi connectivity index (χ0n) is 6.76. The van der Waals surface area contributed by atoms with Gasteiger partial charge >= 0.3 is 0 Å². The fourth-order valence-electron chi connectivity index (χ4n) is 0.880. The van der Waals surface area contributed by atoms with E-state index in [9.17, 15) is 4.39 Å². The van der Waals surface area contributed by atoms with E-state index < -0.39 is 5.82 Å². The Kier molecular flexibility index (Phi) is 3.50. The molecule has 0 saturated carbocycles. The van der Waals surface area contributed by atoms with Gasteiger partial charge in [-0.15, -0.1) is 0 Å². The fourth-order valence-corrected chi connectivity index (χ4v) is 1.44. The van der Waals surface area contributed by atoms with E-state index in [2.05, 4.69) is 15.9 Å². The third kappa shape index (κ3) is 2.57. The Balaban J connectivity index is 2.92. The van der Waals surface area contributed by atoms with Crippen molar-refractivity contribution in [1.29, 1.82) is 0 Å². The summed E-state index contributed by atoms with van der Waals surface area (Å²) in [5.41, 5.74) is 5.69. The van der Waals surface area contributed by atoms with Crippen LogP contribution in [0.3, 0.4) is 0 Å². The average Bonchev–Trinajstić information content (AvgIpc) is 2.02. The molecule has 0 aliphatic carbocycles.